The molecule has 1 aromatic rings. The van der Waals surface area contributed by atoms with Crippen molar-refractivity contribution in [3.63, 3.8) is 0 Å². The number of rotatable bonds is 4. The third-order valence-corrected chi connectivity index (χ3v) is 9.98. The molecule has 3 atom stereocenters. The Hall–Kier alpha value is -1.40. The van der Waals surface area contributed by atoms with E-state index in [0.717, 1.165) is 34.1 Å². The van der Waals surface area contributed by atoms with Gasteiger partial charge in [-0.1, -0.05) is 12.5 Å². The SMILES string of the molecule is Cc1cc(C)c(C)c(S(=O)(=O)N2CCN(C(=O)C[C@H]3C[C@@H]4CC[C@@H]3C4)CC2)c1C. The summed E-state index contributed by atoms with van der Waals surface area (Å²) >= 11 is 0. The van der Waals surface area contributed by atoms with Crippen molar-refractivity contribution in [1.82, 2.24) is 9.21 Å². The van der Waals surface area contributed by atoms with Crippen molar-refractivity contribution < 1.29 is 13.2 Å². The van der Waals surface area contributed by atoms with E-state index in [1.54, 1.807) is 4.31 Å². The number of hydrogen-bond acceptors (Lipinski definition) is 3. The van der Waals surface area contributed by atoms with Crippen LogP contribution in [0, 0.1) is 45.4 Å². The number of carbonyl (C=O) groups excluding carboxylic acids is 1. The molecule has 2 aliphatic carbocycles. The lowest BCUT2D eigenvalue weighted by Gasteiger charge is -2.35. The normalized spacial score (nSPS) is 27.6. The van der Waals surface area contributed by atoms with Crippen molar-refractivity contribution in [2.24, 2.45) is 17.8 Å². The Morgan fingerprint density at radius 2 is 1.59 bits per heavy atom. The van der Waals surface area contributed by atoms with Gasteiger partial charge in [-0.25, -0.2) is 8.42 Å². The Morgan fingerprint density at radius 3 is 2.10 bits per heavy atom. The zero-order valence-electron chi connectivity index (χ0n) is 18.2. The van der Waals surface area contributed by atoms with Crippen molar-refractivity contribution in [2.75, 3.05) is 26.2 Å². The maximum atomic E-state index is 13.4. The first-order valence-corrected chi connectivity index (χ1v) is 12.5. The fourth-order valence-corrected chi connectivity index (χ4v) is 7.85. The third kappa shape index (κ3) is 3.74. The van der Waals surface area contributed by atoms with Crippen LogP contribution in [0.5, 0.6) is 0 Å². The van der Waals surface area contributed by atoms with Crippen LogP contribution in [0.3, 0.4) is 0 Å². The molecular formula is C23H34N2O3S. The Labute approximate surface area is 175 Å². The van der Waals surface area contributed by atoms with E-state index >= 15 is 0 Å². The van der Waals surface area contributed by atoms with Crippen LogP contribution in [0.4, 0.5) is 0 Å². The molecule has 1 heterocycles. The number of amides is 1. The van der Waals surface area contributed by atoms with E-state index in [2.05, 4.69) is 6.07 Å². The van der Waals surface area contributed by atoms with Gasteiger partial charge < -0.3 is 4.90 Å². The maximum Gasteiger partial charge on any atom is 0.243 e. The zero-order chi connectivity index (χ0) is 20.9. The molecule has 1 aliphatic heterocycles. The molecule has 0 N–H and O–H groups in total. The van der Waals surface area contributed by atoms with E-state index in [1.165, 1.54) is 25.7 Å². The van der Waals surface area contributed by atoms with E-state index < -0.39 is 10.0 Å². The number of fused-ring (bicyclic) bond motifs is 2. The highest BCUT2D eigenvalue weighted by Gasteiger charge is 2.41. The van der Waals surface area contributed by atoms with Crippen molar-refractivity contribution in [2.45, 2.75) is 64.7 Å². The van der Waals surface area contributed by atoms with Gasteiger partial charge >= 0.3 is 0 Å². The van der Waals surface area contributed by atoms with Crippen LogP contribution < -0.4 is 0 Å². The molecular weight excluding hydrogens is 384 g/mol. The smallest absolute Gasteiger partial charge is 0.243 e. The highest BCUT2D eigenvalue weighted by atomic mass is 32.2. The third-order valence-electron chi connectivity index (χ3n) is 7.81. The van der Waals surface area contributed by atoms with Crippen LogP contribution in [0.25, 0.3) is 0 Å². The standard InChI is InChI=1S/C23H34N2O3S/c1-15-11-16(2)18(4)23(17(15)3)29(27,28)25-9-7-24(8-10-25)22(26)14-21-13-19-5-6-20(21)12-19/h11,19-21H,5-10,12-14H2,1-4H3/t19-,20-,21-/m1/s1. The first-order chi connectivity index (χ1) is 13.7. The summed E-state index contributed by atoms with van der Waals surface area (Å²) in [5, 5.41) is 0. The van der Waals surface area contributed by atoms with Gasteiger partial charge in [0.15, 0.2) is 0 Å². The molecule has 2 saturated carbocycles. The van der Waals surface area contributed by atoms with Crippen molar-refractivity contribution in [3.05, 3.63) is 28.3 Å². The summed E-state index contributed by atoms with van der Waals surface area (Å²) in [5.74, 6) is 2.38. The maximum absolute atomic E-state index is 13.4. The van der Waals surface area contributed by atoms with Gasteiger partial charge in [0.2, 0.25) is 15.9 Å². The molecule has 2 bridgehead atoms. The second-order valence-corrected chi connectivity index (χ2v) is 11.4. The van der Waals surface area contributed by atoms with Gasteiger partial charge in [-0.15, -0.1) is 0 Å². The van der Waals surface area contributed by atoms with Crippen LogP contribution in [0.15, 0.2) is 11.0 Å². The lowest BCUT2D eigenvalue weighted by Crippen LogP contribution is -2.51. The highest BCUT2D eigenvalue weighted by Crippen LogP contribution is 2.49. The predicted molar refractivity (Wildman–Crippen MR) is 114 cm³/mol. The fourth-order valence-electron chi connectivity index (χ4n) is 5.85. The van der Waals surface area contributed by atoms with Gasteiger partial charge in [-0.3, -0.25) is 4.79 Å². The molecule has 0 unspecified atom stereocenters. The molecule has 6 heteroatoms. The van der Waals surface area contributed by atoms with Crippen molar-refractivity contribution in [3.8, 4) is 0 Å². The van der Waals surface area contributed by atoms with Crippen LogP contribution >= 0.6 is 0 Å². The lowest BCUT2D eigenvalue weighted by atomic mass is 9.86. The van der Waals surface area contributed by atoms with Crippen LogP contribution in [-0.2, 0) is 14.8 Å². The second kappa shape index (κ2) is 7.69. The van der Waals surface area contributed by atoms with E-state index in [0.29, 0.717) is 43.4 Å². The quantitative estimate of drug-likeness (QED) is 0.751. The molecule has 29 heavy (non-hydrogen) atoms. The summed E-state index contributed by atoms with van der Waals surface area (Å²) in [5.41, 5.74) is 3.68. The number of hydrogen-bond donors (Lipinski definition) is 0. The molecule has 1 amide bonds. The molecule has 5 nitrogen and oxygen atoms in total. The van der Waals surface area contributed by atoms with Crippen LogP contribution in [-0.4, -0.2) is 49.7 Å². The largest absolute Gasteiger partial charge is 0.340 e. The lowest BCUT2D eigenvalue weighted by molar-refractivity contribution is -0.133. The average Bonchev–Trinajstić information content (AvgIpc) is 3.29. The first kappa shape index (κ1) is 20.9. The van der Waals surface area contributed by atoms with Crippen molar-refractivity contribution >= 4 is 15.9 Å². The van der Waals surface area contributed by atoms with Crippen LogP contribution in [0.2, 0.25) is 0 Å². The van der Waals surface area contributed by atoms with Gasteiger partial charge in [0, 0.05) is 32.6 Å². The van der Waals surface area contributed by atoms with E-state index in [1.807, 2.05) is 32.6 Å². The Bertz CT molecular complexity index is 890. The zero-order valence-corrected chi connectivity index (χ0v) is 19.0. The second-order valence-electron chi connectivity index (χ2n) is 9.51. The number of sulfonamides is 1. The number of piperazine rings is 1. The van der Waals surface area contributed by atoms with E-state index in [4.69, 9.17) is 0 Å². The summed E-state index contributed by atoms with van der Waals surface area (Å²) in [7, 11) is -3.55. The minimum absolute atomic E-state index is 0.221. The average molecular weight is 419 g/mol. The molecule has 0 spiro atoms. The molecule has 0 aromatic heterocycles. The van der Waals surface area contributed by atoms with E-state index in [9.17, 15) is 13.2 Å². The van der Waals surface area contributed by atoms with Gasteiger partial charge in [0.05, 0.1) is 4.90 Å². The molecule has 1 saturated heterocycles. The number of carbonyl (C=O) groups is 1. The Kier molecular flexibility index (Phi) is 5.53. The highest BCUT2D eigenvalue weighted by molar-refractivity contribution is 7.89. The summed E-state index contributed by atoms with van der Waals surface area (Å²) in [6.07, 6.45) is 5.84. The van der Waals surface area contributed by atoms with E-state index in [-0.39, 0.29) is 5.91 Å². The minimum Gasteiger partial charge on any atom is -0.340 e. The van der Waals surface area contributed by atoms with Crippen molar-refractivity contribution in [1.29, 1.82) is 0 Å². The number of nitrogens with zero attached hydrogens (tertiary/aromatic N) is 2. The first-order valence-electron chi connectivity index (χ1n) is 11.0. The Morgan fingerprint density at radius 1 is 0.966 bits per heavy atom. The monoisotopic (exact) mass is 418 g/mol. The van der Waals surface area contributed by atoms with Gasteiger partial charge in [-0.2, -0.15) is 4.31 Å². The summed E-state index contributed by atoms with van der Waals surface area (Å²) in [4.78, 5) is 15.2. The fraction of sp³-hybridized carbons (Fsp3) is 0.696. The number of aryl methyl sites for hydroxylation is 2. The molecule has 3 aliphatic rings. The molecule has 4 rings (SSSR count). The van der Waals surface area contributed by atoms with Gasteiger partial charge in [0.25, 0.3) is 0 Å². The van der Waals surface area contributed by atoms with Gasteiger partial charge in [0.1, 0.15) is 0 Å². The molecule has 3 fully saturated rings. The molecule has 1 aromatic carbocycles. The Balaban J connectivity index is 1.42. The molecule has 160 valence electrons. The summed E-state index contributed by atoms with van der Waals surface area (Å²) in [6, 6.07) is 2.05. The summed E-state index contributed by atoms with van der Waals surface area (Å²) < 4.78 is 28.4. The minimum atomic E-state index is -3.55. The molecule has 0 radical (unpaired) electrons. The number of benzene rings is 1. The topological polar surface area (TPSA) is 57.7 Å². The van der Waals surface area contributed by atoms with Gasteiger partial charge in [-0.05, 0) is 87.0 Å². The summed E-state index contributed by atoms with van der Waals surface area (Å²) in [6.45, 7) is 9.49. The predicted octanol–water partition coefficient (Wildman–Crippen LogP) is 3.58. The van der Waals surface area contributed by atoms with Crippen LogP contribution in [0.1, 0.15) is 54.4 Å².